The predicted molar refractivity (Wildman–Crippen MR) is 189 cm³/mol. The lowest BCUT2D eigenvalue weighted by atomic mass is 9.72. The Bertz CT molecular complexity index is 1420. The van der Waals surface area contributed by atoms with Crippen molar-refractivity contribution in [3.8, 4) is 0 Å². The van der Waals surface area contributed by atoms with Gasteiger partial charge in [0.1, 0.15) is 24.4 Å². The number of hydrogen-bond donors (Lipinski definition) is 7. The molecule has 268 valence electrons. The van der Waals surface area contributed by atoms with Crippen molar-refractivity contribution in [3.05, 3.63) is 53.8 Å². The summed E-state index contributed by atoms with van der Waals surface area (Å²) in [7, 11) is 0. The predicted octanol–water partition coefficient (Wildman–Crippen LogP) is 1.87. The molecule has 4 aliphatic rings. The van der Waals surface area contributed by atoms with Crippen LogP contribution >= 0.6 is 0 Å². The van der Waals surface area contributed by atoms with Crippen molar-refractivity contribution in [2.45, 2.75) is 121 Å². The molecule has 8 atom stereocenters. The minimum Gasteiger partial charge on any atom is -0.385 e. The van der Waals surface area contributed by atoms with Gasteiger partial charge >= 0.3 is 0 Å². The molecule has 0 aromatic heterocycles. The molecular weight excluding hydrogens is 620 g/mol. The van der Waals surface area contributed by atoms with Gasteiger partial charge in [0.2, 0.25) is 11.8 Å². The molecule has 2 heterocycles. The van der Waals surface area contributed by atoms with Crippen LogP contribution in [0.4, 0.5) is 5.69 Å². The van der Waals surface area contributed by atoms with Gasteiger partial charge in [-0.15, -0.1) is 0 Å². The van der Waals surface area contributed by atoms with Gasteiger partial charge in [-0.3, -0.25) is 19.2 Å². The second-order valence-electron chi connectivity index (χ2n) is 15.7. The van der Waals surface area contributed by atoms with E-state index in [1.807, 2.05) is 45.0 Å². The molecule has 8 N–H and O–H groups in total. The molecular formula is C38H57N6O5+. The monoisotopic (exact) mass is 677 g/mol. The lowest BCUT2D eigenvalue weighted by Gasteiger charge is -2.44. The van der Waals surface area contributed by atoms with Gasteiger partial charge in [-0.1, -0.05) is 49.3 Å². The maximum absolute atomic E-state index is 13.9. The largest absolute Gasteiger partial charge is 0.385 e. The third kappa shape index (κ3) is 10.2. The van der Waals surface area contributed by atoms with E-state index in [0.29, 0.717) is 36.9 Å². The molecule has 1 aromatic rings. The lowest BCUT2D eigenvalue weighted by molar-refractivity contribution is -0.929. The van der Waals surface area contributed by atoms with Gasteiger partial charge in [-0.2, -0.15) is 0 Å². The summed E-state index contributed by atoms with van der Waals surface area (Å²) in [6, 6.07) is 5.49. The van der Waals surface area contributed by atoms with Crippen molar-refractivity contribution in [1.29, 1.82) is 0 Å². The first-order valence-electron chi connectivity index (χ1n) is 18.3. The Morgan fingerprint density at radius 3 is 2.51 bits per heavy atom. The number of primary amides is 1. The molecule has 11 nitrogen and oxygen atoms in total. The smallest absolute Gasteiger partial charge is 0.278 e. The molecule has 1 saturated heterocycles. The Morgan fingerprint density at radius 1 is 1.04 bits per heavy atom. The van der Waals surface area contributed by atoms with Crippen LogP contribution < -0.4 is 31.9 Å². The summed E-state index contributed by atoms with van der Waals surface area (Å²) in [6.07, 6.45) is 14.2. The standard InChI is InChI=1S/C38H56N6O5/c1-38(2,3)43-37(49)32-20-26-14-7-8-15-27(26)22-44(32)23-33(45)30(19-24-11-5-4-6-12-24)41-36(48)31(21-34(39)46)42-35(47)29-18-17-25-13-9-10-16-28(25)40-29/h5,9-11,13,16,18,24,26-27,30-33,40,45H,4,6-8,12,14-15,17,19-23H2,1-3H3,(H2,39,46)(H,41,48)(H,42,47)(H,43,49)/p+1/t24-,26+,27-,30+,31+,32+,33-/m1/s1. The van der Waals surface area contributed by atoms with Crippen molar-refractivity contribution in [3.63, 3.8) is 0 Å². The molecule has 2 aliphatic carbocycles. The van der Waals surface area contributed by atoms with Gasteiger partial charge in [0.15, 0.2) is 6.04 Å². The SMILES string of the molecule is CC(C)(C)NC(=O)[C@@H]1C[C@@H]2CCCC[C@@H]2C[NH+]1C[C@@H](O)[C@H](C[C@@H]1C=CCCC1)NC(=O)[C@H](CC(N)=O)NC(=O)C1=CCc2ccccc2N1. The fraction of sp³-hybridized carbons (Fsp3) is 0.632. The Kier molecular flexibility index (Phi) is 12.2. The van der Waals surface area contributed by atoms with E-state index in [1.54, 1.807) is 6.08 Å². The Labute approximate surface area is 290 Å². The Morgan fingerprint density at radius 2 is 1.80 bits per heavy atom. The van der Waals surface area contributed by atoms with Gasteiger partial charge in [-0.05, 0) is 89.2 Å². The van der Waals surface area contributed by atoms with Crippen LogP contribution in [0, 0.1) is 17.8 Å². The highest BCUT2D eigenvalue weighted by Crippen LogP contribution is 2.34. The number of benzene rings is 1. The van der Waals surface area contributed by atoms with Crippen LogP contribution in [0.2, 0.25) is 0 Å². The average molecular weight is 678 g/mol. The number of carbonyl (C=O) groups is 4. The zero-order valence-electron chi connectivity index (χ0n) is 29.4. The highest BCUT2D eigenvalue weighted by Gasteiger charge is 2.45. The summed E-state index contributed by atoms with van der Waals surface area (Å²) >= 11 is 0. The summed E-state index contributed by atoms with van der Waals surface area (Å²) < 4.78 is 0. The van der Waals surface area contributed by atoms with E-state index < -0.39 is 35.9 Å². The molecule has 2 fully saturated rings. The van der Waals surface area contributed by atoms with E-state index in [9.17, 15) is 24.3 Å². The summed E-state index contributed by atoms with van der Waals surface area (Å²) in [4.78, 5) is 54.0. The van der Waals surface area contributed by atoms with Crippen LogP contribution in [-0.2, 0) is 25.6 Å². The van der Waals surface area contributed by atoms with Crippen LogP contribution in [0.5, 0.6) is 0 Å². The molecule has 1 aromatic carbocycles. The van der Waals surface area contributed by atoms with Crippen LogP contribution in [0.1, 0.15) is 90.5 Å². The summed E-state index contributed by atoms with van der Waals surface area (Å²) in [5, 5.41) is 24.0. The fourth-order valence-electron chi connectivity index (χ4n) is 8.22. The van der Waals surface area contributed by atoms with Crippen molar-refractivity contribution in [1.82, 2.24) is 16.0 Å². The number of aliphatic hydroxyl groups excluding tert-OH is 1. The fourth-order valence-corrected chi connectivity index (χ4v) is 8.22. The summed E-state index contributed by atoms with van der Waals surface area (Å²) in [5.74, 6) is -0.634. The van der Waals surface area contributed by atoms with E-state index in [2.05, 4.69) is 33.4 Å². The zero-order chi connectivity index (χ0) is 35.1. The van der Waals surface area contributed by atoms with Crippen molar-refractivity contribution >= 4 is 29.3 Å². The normalized spacial score (nSPS) is 26.8. The number of nitrogens with one attached hydrogen (secondary N) is 5. The Balaban J connectivity index is 1.32. The maximum Gasteiger partial charge on any atom is 0.278 e. The number of amides is 4. The molecule has 0 spiro atoms. The average Bonchev–Trinajstić information content (AvgIpc) is 3.06. The Hall–Kier alpha value is -3.70. The number of hydrogen-bond acceptors (Lipinski definition) is 6. The van der Waals surface area contributed by atoms with E-state index in [4.69, 9.17) is 5.73 Å². The highest BCUT2D eigenvalue weighted by atomic mass is 16.3. The molecule has 2 aliphatic heterocycles. The van der Waals surface area contributed by atoms with Gasteiger partial charge in [0.05, 0.1) is 19.0 Å². The van der Waals surface area contributed by atoms with Gasteiger partial charge in [0.25, 0.3) is 11.8 Å². The second-order valence-corrected chi connectivity index (χ2v) is 15.7. The second kappa shape index (κ2) is 16.3. The highest BCUT2D eigenvalue weighted by molar-refractivity contribution is 6.00. The molecule has 1 saturated carbocycles. The summed E-state index contributed by atoms with van der Waals surface area (Å²) in [6.45, 7) is 7.05. The molecule has 11 heteroatoms. The zero-order valence-corrected chi connectivity index (χ0v) is 29.4. The van der Waals surface area contributed by atoms with Crippen LogP contribution in [-0.4, -0.2) is 71.6 Å². The lowest BCUT2D eigenvalue weighted by Crippen LogP contribution is -3.20. The number of quaternary nitrogens is 1. The van der Waals surface area contributed by atoms with E-state index in [0.717, 1.165) is 61.2 Å². The first-order valence-corrected chi connectivity index (χ1v) is 18.3. The molecule has 5 rings (SSSR count). The van der Waals surface area contributed by atoms with Crippen molar-refractivity contribution < 1.29 is 29.2 Å². The van der Waals surface area contributed by atoms with Gasteiger partial charge in [0, 0.05) is 23.6 Å². The minimum atomic E-state index is -1.22. The first-order chi connectivity index (χ1) is 23.4. The number of carbonyl (C=O) groups excluding carboxylic acids is 4. The summed E-state index contributed by atoms with van der Waals surface area (Å²) in [5.41, 5.74) is 7.33. The first kappa shape index (κ1) is 36.6. The van der Waals surface area contributed by atoms with Gasteiger partial charge < -0.3 is 37.0 Å². The van der Waals surface area contributed by atoms with Gasteiger partial charge in [-0.25, -0.2) is 0 Å². The minimum absolute atomic E-state index is 0.00649. The molecule has 1 unspecified atom stereocenters. The number of piperidine rings is 1. The number of likely N-dealkylation sites (tertiary alicyclic amines) is 1. The number of nitrogens with two attached hydrogens (primary N) is 1. The molecule has 49 heavy (non-hydrogen) atoms. The third-order valence-electron chi connectivity index (χ3n) is 10.7. The van der Waals surface area contributed by atoms with Crippen LogP contribution in [0.3, 0.4) is 0 Å². The van der Waals surface area contributed by atoms with E-state index in [1.165, 1.54) is 12.8 Å². The maximum atomic E-state index is 13.9. The number of fused-ring (bicyclic) bond motifs is 2. The number of anilines is 1. The number of aliphatic hydroxyl groups is 1. The van der Waals surface area contributed by atoms with Crippen LogP contribution in [0.25, 0.3) is 0 Å². The number of para-hydroxylation sites is 1. The van der Waals surface area contributed by atoms with E-state index in [-0.39, 0.29) is 29.8 Å². The number of rotatable bonds is 12. The van der Waals surface area contributed by atoms with Crippen LogP contribution in [0.15, 0.2) is 48.2 Å². The van der Waals surface area contributed by atoms with Crippen molar-refractivity contribution in [2.75, 3.05) is 18.4 Å². The van der Waals surface area contributed by atoms with Crippen molar-refractivity contribution in [2.24, 2.45) is 23.5 Å². The molecule has 0 bridgehead atoms. The molecule has 0 radical (unpaired) electrons. The van der Waals surface area contributed by atoms with E-state index >= 15 is 0 Å². The molecule has 4 amide bonds. The third-order valence-corrected chi connectivity index (χ3v) is 10.7. The number of allylic oxidation sites excluding steroid dienone is 3. The topological polar surface area (TPSA) is 167 Å². The quantitative estimate of drug-likeness (QED) is 0.167.